The van der Waals surface area contributed by atoms with E-state index in [0.717, 1.165) is 0 Å². The second kappa shape index (κ2) is 3.77. The van der Waals surface area contributed by atoms with E-state index in [9.17, 15) is 22.9 Å². The van der Waals surface area contributed by atoms with Crippen LogP contribution in [0.15, 0.2) is 5.34 Å². The molecule has 0 aliphatic carbocycles. The van der Waals surface area contributed by atoms with Crippen LogP contribution in [0, 0.1) is 4.91 Å². The van der Waals surface area contributed by atoms with E-state index in [2.05, 4.69) is 7.78 Å². The molecule has 11 heavy (non-hydrogen) atoms. The van der Waals surface area contributed by atoms with Gasteiger partial charge in [-0.1, -0.05) is 0 Å². The third kappa shape index (κ3) is 3.43. The maximum atomic E-state index is 11.4. The summed E-state index contributed by atoms with van der Waals surface area (Å²) in [5.74, 6) is 0. The van der Waals surface area contributed by atoms with Crippen molar-refractivity contribution in [3.05, 3.63) is 4.91 Å². The quantitative estimate of drug-likeness (QED) is 0.443. The number of carbonyl (C=O) groups is 1. The van der Waals surface area contributed by atoms with Crippen LogP contribution in [0.1, 0.15) is 0 Å². The molecule has 0 amide bonds. The Bertz CT molecular complexity index is 170. The molecular formula is C2H2F3MoN2O3. The summed E-state index contributed by atoms with van der Waals surface area (Å²) in [7, 11) is 0. The second-order valence-electron chi connectivity index (χ2n) is 1.23. The molecule has 0 radical (unpaired) electrons. The molecule has 0 rings (SSSR count). The van der Waals surface area contributed by atoms with Gasteiger partial charge in [0.05, 0.1) is 0 Å². The molecule has 5 nitrogen and oxygen atoms in total. The summed E-state index contributed by atoms with van der Waals surface area (Å²) in [6, 6.07) is 0. The van der Waals surface area contributed by atoms with Crippen LogP contribution in [0.25, 0.3) is 0 Å². The van der Waals surface area contributed by atoms with E-state index in [1.807, 2.05) is 0 Å². The Balaban J connectivity index is 4.13. The van der Waals surface area contributed by atoms with Crippen LogP contribution in [0.3, 0.4) is 0 Å². The van der Waals surface area contributed by atoms with Gasteiger partial charge in [0.1, 0.15) is 0 Å². The van der Waals surface area contributed by atoms with Gasteiger partial charge >= 0.3 is 64.3 Å². The molecular weight excluding hydrogens is 253 g/mol. The molecule has 0 aromatic heterocycles. The van der Waals surface area contributed by atoms with Crippen molar-refractivity contribution in [2.24, 2.45) is 9.63 Å². The van der Waals surface area contributed by atoms with Crippen LogP contribution in [0.4, 0.5) is 13.2 Å². The Morgan fingerprint density at radius 1 is 1.55 bits per heavy atom. The first-order chi connectivity index (χ1) is 4.89. The van der Waals surface area contributed by atoms with Crippen molar-refractivity contribution < 1.29 is 39.4 Å². The molecule has 0 fully saturated rings. The number of carbonyl (C=O) groups excluding carboxylic acids is 1. The SMILES string of the molecule is [NH2][Mo]([O]N=O)[C](=O)C(F)(F)F. The van der Waals surface area contributed by atoms with E-state index in [4.69, 9.17) is 0 Å². The first-order valence-electron chi connectivity index (χ1n) is 1.99. The average molecular weight is 255 g/mol. The van der Waals surface area contributed by atoms with Crippen molar-refractivity contribution in [3.8, 4) is 0 Å². The molecule has 0 aromatic rings. The number of alkyl halides is 3. The molecule has 0 saturated heterocycles. The van der Waals surface area contributed by atoms with Gasteiger partial charge in [-0.2, -0.15) is 0 Å². The third-order valence-corrected chi connectivity index (χ3v) is 2.54. The molecule has 0 atom stereocenters. The summed E-state index contributed by atoms with van der Waals surface area (Å²) in [4.78, 5) is 19.3. The second-order valence-corrected chi connectivity index (χ2v) is 3.97. The number of nitrogens with zero attached hydrogens (tertiary/aromatic N) is 1. The summed E-state index contributed by atoms with van der Waals surface area (Å²) < 4.78 is 40.1. The van der Waals surface area contributed by atoms with Crippen LogP contribution in [0.5, 0.6) is 0 Å². The van der Waals surface area contributed by atoms with Crippen LogP contribution >= 0.6 is 0 Å². The maximum absolute atomic E-state index is 11.4. The Kier molecular flexibility index (Phi) is 3.60. The number of nitrogens with two attached hydrogens (primary N) is 1. The van der Waals surface area contributed by atoms with Crippen LogP contribution in [0.2, 0.25) is 0 Å². The van der Waals surface area contributed by atoms with E-state index < -0.39 is 28.3 Å². The number of rotatable bonds is 3. The van der Waals surface area contributed by atoms with E-state index in [-0.39, 0.29) is 0 Å². The Hall–Kier alpha value is -0.492. The van der Waals surface area contributed by atoms with E-state index >= 15 is 0 Å². The van der Waals surface area contributed by atoms with Gasteiger partial charge in [0.25, 0.3) is 0 Å². The van der Waals surface area contributed by atoms with Crippen molar-refractivity contribution in [2.45, 2.75) is 6.18 Å². The molecule has 0 saturated carbocycles. The van der Waals surface area contributed by atoms with Gasteiger partial charge in [-0.25, -0.2) is 0 Å². The molecule has 65 valence electrons. The average Bonchev–Trinajstić information content (AvgIpc) is 1.85. The molecule has 0 aliphatic heterocycles. The predicted octanol–water partition coefficient (Wildman–Crippen LogP) is 0.180. The van der Waals surface area contributed by atoms with Gasteiger partial charge in [-0.15, -0.1) is 0 Å². The van der Waals surface area contributed by atoms with Crippen molar-refractivity contribution >= 4 is 4.17 Å². The van der Waals surface area contributed by atoms with E-state index in [1.54, 1.807) is 5.34 Å². The van der Waals surface area contributed by atoms with E-state index in [1.165, 1.54) is 0 Å². The normalized spacial score (nSPS) is 11.4. The zero-order valence-corrected chi connectivity index (χ0v) is 6.80. The molecule has 2 N–H and O–H groups in total. The minimum absolute atomic E-state index is 1.65. The van der Waals surface area contributed by atoms with Crippen molar-refractivity contribution in [2.75, 3.05) is 0 Å². The standard InChI is InChI=1S/C2F3O.Mo.HNO2.H2N/c3-2(4,5)1-6;;2-1-3;/h;;(H,2,3);1H2/q;+2;;-1/p-1. The fourth-order valence-electron chi connectivity index (χ4n) is 0.181. The first-order valence-corrected chi connectivity index (χ1v) is 4.97. The van der Waals surface area contributed by atoms with Gasteiger partial charge in [-0.3, -0.25) is 0 Å². The Morgan fingerprint density at radius 2 is 2.00 bits per heavy atom. The summed E-state index contributed by atoms with van der Waals surface area (Å²) in [5.41, 5.74) is 0. The van der Waals surface area contributed by atoms with Crippen molar-refractivity contribution in [1.82, 2.24) is 0 Å². The van der Waals surface area contributed by atoms with Gasteiger partial charge in [0.2, 0.25) is 0 Å². The third-order valence-electron chi connectivity index (χ3n) is 0.525. The topological polar surface area (TPSA) is 81.8 Å². The summed E-state index contributed by atoms with van der Waals surface area (Å²) in [5, 5.41) is 1.65. The van der Waals surface area contributed by atoms with E-state index in [0.29, 0.717) is 0 Å². The van der Waals surface area contributed by atoms with Crippen LogP contribution in [-0.4, -0.2) is 10.3 Å². The number of hydrogen-bond acceptors (Lipinski definition) is 5. The Morgan fingerprint density at radius 3 is 2.27 bits per heavy atom. The molecule has 0 bridgehead atoms. The predicted molar refractivity (Wildman–Crippen MR) is 22.1 cm³/mol. The first kappa shape index (κ1) is 10.5. The number of hydrogen-bond donors (Lipinski definition) is 1. The fraction of sp³-hybridized carbons (Fsp3) is 0.500. The molecule has 9 heteroatoms. The molecule has 0 spiro atoms. The van der Waals surface area contributed by atoms with Crippen molar-refractivity contribution in [3.63, 3.8) is 0 Å². The molecule has 0 unspecified atom stereocenters. The van der Waals surface area contributed by atoms with Crippen LogP contribution < -0.4 is 4.29 Å². The van der Waals surface area contributed by atoms with Crippen LogP contribution in [-0.2, 0) is 26.2 Å². The van der Waals surface area contributed by atoms with Crippen molar-refractivity contribution in [1.29, 1.82) is 0 Å². The van der Waals surface area contributed by atoms with Gasteiger partial charge in [0.15, 0.2) is 0 Å². The van der Waals surface area contributed by atoms with Gasteiger partial charge in [0, 0.05) is 0 Å². The molecule has 0 heterocycles. The monoisotopic (exact) mass is 257 g/mol. The molecule has 0 aromatic carbocycles. The Labute approximate surface area is 64.9 Å². The fourth-order valence-corrected chi connectivity index (χ4v) is 1.07. The molecule has 0 aliphatic rings. The zero-order valence-electron chi connectivity index (χ0n) is 4.79. The summed E-state index contributed by atoms with van der Waals surface area (Å²) >= 11 is -3.95. The van der Waals surface area contributed by atoms with Gasteiger partial charge < -0.3 is 0 Å². The summed E-state index contributed by atoms with van der Waals surface area (Å²) in [6.45, 7) is 0. The van der Waals surface area contributed by atoms with Gasteiger partial charge in [-0.05, 0) is 0 Å². The zero-order chi connectivity index (χ0) is 9.07. The summed E-state index contributed by atoms with van der Waals surface area (Å²) in [6.07, 6.45) is -5.03. The number of halogens is 3. The minimum atomic E-state index is -5.03.